The summed E-state index contributed by atoms with van der Waals surface area (Å²) in [5, 5.41) is 0. The molecule has 0 saturated heterocycles. The normalized spacial score (nSPS) is 11.8. The van der Waals surface area contributed by atoms with Crippen LogP contribution in [0.25, 0.3) is 11.2 Å². The van der Waals surface area contributed by atoms with Crippen LogP contribution in [0, 0.1) is 0 Å². The van der Waals surface area contributed by atoms with Gasteiger partial charge in [-0.2, -0.15) is 4.98 Å². The van der Waals surface area contributed by atoms with Crippen molar-refractivity contribution in [3.63, 3.8) is 0 Å². The van der Waals surface area contributed by atoms with E-state index in [-0.39, 0.29) is 17.5 Å². The lowest BCUT2D eigenvalue weighted by atomic mass is 10.4. The predicted molar refractivity (Wildman–Crippen MR) is 70.4 cm³/mol. The number of aromatic nitrogens is 4. The summed E-state index contributed by atoms with van der Waals surface area (Å²) < 4.78 is 1.85. The van der Waals surface area contributed by atoms with Gasteiger partial charge in [-0.05, 0) is 13.8 Å². The van der Waals surface area contributed by atoms with E-state index < -0.39 is 0 Å². The molecule has 0 aliphatic carbocycles. The van der Waals surface area contributed by atoms with Crippen molar-refractivity contribution in [1.29, 1.82) is 0 Å². The third kappa shape index (κ3) is 2.24. The van der Waals surface area contributed by atoms with Crippen molar-refractivity contribution < 1.29 is 0 Å². The number of nitrogens with one attached hydrogen (secondary N) is 1. The molecule has 2 aromatic rings. The van der Waals surface area contributed by atoms with Crippen LogP contribution in [-0.4, -0.2) is 44.9 Å². The first-order chi connectivity index (χ1) is 8.49. The van der Waals surface area contributed by atoms with Crippen LogP contribution in [0.5, 0.6) is 0 Å². The molecule has 0 spiro atoms. The topological polar surface area (TPSA) is 79.2 Å². The van der Waals surface area contributed by atoms with Crippen LogP contribution in [0.3, 0.4) is 0 Å². The van der Waals surface area contributed by atoms with Gasteiger partial charge in [0.25, 0.3) is 5.56 Å². The molecule has 0 unspecified atom stereocenters. The molecule has 0 aromatic carbocycles. The molecule has 0 radical (unpaired) electrons. The van der Waals surface area contributed by atoms with Crippen LogP contribution in [-0.2, 0) is 0 Å². The predicted octanol–water partition coefficient (Wildman–Crippen LogP) is 0.922. The van der Waals surface area contributed by atoms with Crippen molar-refractivity contribution in [3.05, 3.63) is 16.7 Å². The maximum absolute atomic E-state index is 11.8. The third-order valence-electron chi connectivity index (χ3n) is 2.39. The summed E-state index contributed by atoms with van der Waals surface area (Å²) in [7, 11) is 3.69. The molecule has 0 amide bonds. The minimum absolute atomic E-state index is 0.190. The van der Waals surface area contributed by atoms with Gasteiger partial charge in [0.1, 0.15) is 0 Å². The van der Waals surface area contributed by atoms with Crippen molar-refractivity contribution in [1.82, 2.24) is 24.4 Å². The van der Waals surface area contributed by atoms with Crippen LogP contribution in [0.2, 0.25) is 0 Å². The first kappa shape index (κ1) is 12.3. The number of imidazole rings is 1. The SMILES string of the molecule is CC(C)n1cnc2c(=O)[nH]c(/N=C\N(C)C)nc21. The van der Waals surface area contributed by atoms with E-state index >= 15 is 0 Å². The number of nitrogens with zero attached hydrogens (tertiary/aromatic N) is 5. The monoisotopic (exact) mass is 248 g/mol. The molecule has 0 aliphatic heterocycles. The number of H-pyrrole nitrogens is 1. The van der Waals surface area contributed by atoms with Crippen molar-refractivity contribution in [2.75, 3.05) is 14.1 Å². The molecule has 2 heterocycles. The van der Waals surface area contributed by atoms with Gasteiger partial charge in [0.05, 0.1) is 12.7 Å². The summed E-state index contributed by atoms with van der Waals surface area (Å²) >= 11 is 0. The number of aromatic amines is 1. The Morgan fingerprint density at radius 2 is 2.22 bits per heavy atom. The molecule has 0 atom stereocenters. The number of hydrogen-bond donors (Lipinski definition) is 1. The van der Waals surface area contributed by atoms with Gasteiger partial charge in [0.2, 0.25) is 5.95 Å². The van der Waals surface area contributed by atoms with E-state index in [1.807, 2.05) is 32.5 Å². The lowest BCUT2D eigenvalue weighted by Crippen LogP contribution is -2.11. The van der Waals surface area contributed by atoms with Crippen LogP contribution >= 0.6 is 0 Å². The molecular formula is C11H16N6O. The zero-order valence-electron chi connectivity index (χ0n) is 10.9. The van der Waals surface area contributed by atoms with Crippen molar-refractivity contribution in [2.24, 2.45) is 4.99 Å². The molecule has 0 fully saturated rings. The van der Waals surface area contributed by atoms with Gasteiger partial charge in [0.15, 0.2) is 11.2 Å². The van der Waals surface area contributed by atoms with Gasteiger partial charge in [-0.1, -0.05) is 0 Å². The van der Waals surface area contributed by atoms with Crippen LogP contribution in [0.1, 0.15) is 19.9 Å². The molecule has 0 aliphatic rings. The fraction of sp³-hybridized carbons (Fsp3) is 0.455. The first-order valence-electron chi connectivity index (χ1n) is 5.66. The highest BCUT2D eigenvalue weighted by Crippen LogP contribution is 2.14. The Bertz CT molecular complexity index is 637. The van der Waals surface area contributed by atoms with Gasteiger partial charge >= 0.3 is 0 Å². The molecule has 96 valence electrons. The first-order valence-corrected chi connectivity index (χ1v) is 5.66. The van der Waals surface area contributed by atoms with Gasteiger partial charge in [-0.15, -0.1) is 0 Å². The lowest BCUT2D eigenvalue weighted by Gasteiger charge is -2.06. The lowest BCUT2D eigenvalue weighted by molar-refractivity contribution is 0.612. The average Bonchev–Trinajstić information content (AvgIpc) is 2.70. The molecule has 18 heavy (non-hydrogen) atoms. The molecule has 1 N–H and O–H groups in total. The highest BCUT2D eigenvalue weighted by atomic mass is 16.1. The van der Waals surface area contributed by atoms with E-state index in [4.69, 9.17) is 0 Å². The Hall–Kier alpha value is -2.18. The third-order valence-corrected chi connectivity index (χ3v) is 2.39. The molecule has 2 rings (SSSR count). The maximum atomic E-state index is 11.8. The number of fused-ring (bicyclic) bond motifs is 1. The molecular weight excluding hydrogens is 232 g/mol. The summed E-state index contributed by atoms with van der Waals surface area (Å²) in [5.41, 5.74) is 0.623. The van der Waals surface area contributed by atoms with Gasteiger partial charge in [-0.25, -0.2) is 9.98 Å². The second-order valence-corrected chi connectivity index (χ2v) is 4.52. The zero-order valence-corrected chi connectivity index (χ0v) is 10.9. The Morgan fingerprint density at radius 1 is 1.50 bits per heavy atom. The summed E-state index contributed by atoms with van der Waals surface area (Å²) in [6.07, 6.45) is 3.21. The highest BCUT2D eigenvalue weighted by molar-refractivity contribution is 5.71. The smallest absolute Gasteiger partial charge is 0.280 e. The van der Waals surface area contributed by atoms with Crippen LogP contribution in [0.15, 0.2) is 16.1 Å². The number of aliphatic imine (C=N–C) groups is 1. The van der Waals surface area contributed by atoms with E-state index in [1.165, 1.54) is 0 Å². The van der Waals surface area contributed by atoms with Crippen molar-refractivity contribution in [2.45, 2.75) is 19.9 Å². The van der Waals surface area contributed by atoms with Gasteiger partial charge in [0, 0.05) is 20.1 Å². The Labute approximate surface area is 104 Å². The molecule has 7 nitrogen and oxygen atoms in total. The van der Waals surface area contributed by atoms with Crippen molar-refractivity contribution in [3.8, 4) is 0 Å². The Kier molecular flexibility index (Phi) is 3.14. The van der Waals surface area contributed by atoms with E-state index in [9.17, 15) is 4.79 Å². The summed E-state index contributed by atoms with van der Waals surface area (Å²) in [4.78, 5) is 28.6. The largest absolute Gasteiger partial charge is 0.369 e. The molecule has 0 saturated carbocycles. The van der Waals surface area contributed by atoms with E-state index in [0.29, 0.717) is 11.2 Å². The average molecular weight is 248 g/mol. The van der Waals surface area contributed by atoms with E-state index in [1.54, 1.807) is 17.6 Å². The number of rotatable bonds is 3. The summed E-state index contributed by atoms with van der Waals surface area (Å²) in [5.74, 6) is 0.281. The maximum Gasteiger partial charge on any atom is 0.280 e. The summed E-state index contributed by atoms with van der Waals surface area (Å²) in [6.45, 7) is 4.01. The van der Waals surface area contributed by atoms with E-state index in [2.05, 4.69) is 19.9 Å². The fourth-order valence-corrected chi connectivity index (χ4v) is 1.52. The molecule has 0 bridgehead atoms. The second-order valence-electron chi connectivity index (χ2n) is 4.52. The second kappa shape index (κ2) is 4.59. The molecule has 2 aromatic heterocycles. The Morgan fingerprint density at radius 3 is 2.83 bits per heavy atom. The molecule has 7 heteroatoms. The quantitative estimate of drug-likeness (QED) is 0.647. The minimum atomic E-state index is -0.273. The zero-order chi connectivity index (χ0) is 13.3. The summed E-state index contributed by atoms with van der Waals surface area (Å²) in [6, 6.07) is 0.190. The Balaban J connectivity index is 2.59. The standard InChI is InChI=1S/C11H16N6O/c1-7(2)17-6-12-8-9(17)14-11(15-10(8)18)13-5-16(3)4/h5-7H,1-4H3,(H,14,15,18)/b13-5-. The van der Waals surface area contributed by atoms with E-state index in [0.717, 1.165) is 0 Å². The number of hydrogen-bond acceptors (Lipinski definition) is 4. The van der Waals surface area contributed by atoms with Crippen molar-refractivity contribution >= 4 is 23.5 Å². The fourth-order valence-electron chi connectivity index (χ4n) is 1.52. The van der Waals surface area contributed by atoms with Crippen LogP contribution in [0.4, 0.5) is 5.95 Å². The van der Waals surface area contributed by atoms with Gasteiger partial charge in [-0.3, -0.25) is 9.78 Å². The highest BCUT2D eigenvalue weighted by Gasteiger charge is 2.11. The minimum Gasteiger partial charge on any atom is -0.369 e. The van der Waals surface area contributed by atoms with Gasteiger partial charge < -0.3 is 9.47 Å². The van der Waals surface area contributed by atoms with Crippen LogP contribution < -0.4 is 5.56 Å².